The fourth-order valence-electron chi connectivity index (χ4n) is 0. The Labute approximate surface area is 129 Å². The molecular weight excluding hydrogens is 416 g/mol. The van der Waals surface area contributed by atoms with Gasteiger partial charge in [0.15, 0.2) is 0 Å². The maximum absolute atomic E-state index is 8.36. The first kappa shape index (κ1) is 69.2. The molecule has 18 heteroatoms. The number of rotatable bonds is 0. The van der Waals surface area contributed by atoms with Gasteiger partial charge >= 0.3 is 0 Å². The third kappa shape index (κ3) is 1750. The zero-order chi connectivity index (χ0) is 10.7. The summed E-state index contributed by atoms with van der Waals surface area (Å²) in [6.07, 6.45) is 0. The maximum atomic E-state index is 8.36. The summed E-state index contributed by atoms with van der Waals surface area (Å²) < 4.78 is 0. The third-order valence-electron chi connectivity index (χ3n) is 0. The number of hydrogen-bond donors (Lipinski definition) is 3. The van der Waals surface area contributed by atoms with Crippen molar-refractivity contribution in [1.82, 2.24) is 0 Å². The van der Waals surface area contributed by atoms with Crippen molar-refractivity contribution in [3.63, 3.8) is 0 Å². The van der Waals surface area contributed by atoms with Crippen LogP contribution < -0.4 is 0 Å². The van der Waals surface area contributed by atoms with E-state index in [4.69, 9.17) is 46.0 Å². The molecule has 0 fully saturated rings. The largest absolute Gasteiger partial charge is 0.412 e. The molecule has 0 aliphatic carbocycles. The second-order valence-corrected chi connectivity index (χ2v) is 0.714. The Morgan fingerprint density at radius 3 is 0.556 bits per heavy atom. The number of hydrogen-bond acceptors (Lipinski definition) is 6. The molecule has 0 spiro atoms. The summed E-state index contributed by atoms with van der Waals surface area (Å²) in [5.74, 6) is 0. The molecule has 0 unspecified atom stereocenters. The monoisotopic (exact) mass is 431 g/mol. The molecule has 0 radical (unpaired) electrons. The number of nitrogens with zero attached hydrogens (tertiary/aromatic N) is 3. The van der Waals surface area contributed by atoms with Gasteiger partial charge in [0.05, 0.1) is 0 Å². The van der Waals surface area contributed by atoms with Gasteiger partial charge < -0.3 is 43.0 Å². The van der Waals surface area contributed by atoms with Gasteiger partial charge in [0.2, 0.25) is 0 Å². The smallest absolute Gasteiger partial charge is 0.291 e. The van der Waals surface area contributed by atoms with Crippen molar-refractivity contribution < 1.29 is 98.7 Å². The van der Waals surface area contributed by atoms with Crippen molar-refractivity contribution in [3.05, 3.63) is 30.3 Å². The Bertz CT molecular complexity index is 115. The van der Waals surface area contributed by atoms with E-state index in [-0.39, 0.29) is 67.8 Å². The molecular formula is H13N3O14Sm. The average Bonchev–Trinajstić information content (AvgIpc) is 1.54. The van der Waals surface area contributed by atoms with Gasteiger partial charge in [-0.05, 0) is 0 Å². The van der Waals surface area contributed by atoms with Gasteiger partial charge in [0.1, 0.15) is 0 Å². The summed E-state index contributed by atoms with van der Waals surface area (Å²) in [5.41, 5.74) is 0. The maximum Gasteiger partial charge on any atom is 0.291 e. The van der Waals surface area contributed by atoms with Gasteiger partial charge in [-0.3, -0.25) is 0 Å². The fraction of sp³-hybridized carbons (Fsp3) is 0. The van der Waals surface area contributed by atoms with Gasteiger partial charge in [-0.25, -0.2) is 0 Å². The summed E-state index contributed by atoms with van der Waals surface area (Å²) in [7, 11) is 0. The van der Waals surface area contributed by atoms with Crippen LogP contribution in [0.25, 0.3) is 0 Å². The van der Waals surface area contributed by atoms with Crippen LogP contribution in [-0.4, -0.2) is 58.3 Å². The van der Waals surface area contributed by atoms with E-state index in [1.165, 1.54) is 0 Å². The van der Waals surface area contributed by atoms with E-state index in [2.05, 4.69) is 0 Å². The fourth-order valence-corrected chi connectivity index (χ4v) is 0. The molecule has 0 atom stereocenters. The van der Waals surface area contributed by atoms with Crippen molar-refractivity contribution in [2.45, 2.75) is 0 Å². The molecule has 13 N–H and O–H groups in total. The van der Waals surface area contributed by atoms with Crippen molar-refractivity contribution >= 4 is 0 Å². The van der Waals surface area contributed by atoms with Crippen LogP contribution >= 0.6 is 0 Å². The van der Waals surface area contributed by atoms with Gasteiger partial charge in [-0.1, -0.05) is 0 Å². The van der Waals surface area contributed by atoms with Crippen molar-refractivity contribution in [3.8, 4) is 0 Å². The second-order valence-electron chi connectivity index (χ2n) is 0.714. The van der Waals surface area contributed by atoms with Crippen LogP contribution in [0.1, 0.15) is 0 Å². The van der Waals surface area contributed by atoms with Crippen LogP contribution in [0.2, 0.25) is 0 Å². The SMILES string of the molecule is O.O.O.O.O.O=[N+]([O-])O.O=[N+]([O-])O.O=[N+]([O-])O.[Sm]. The van der Waals surface area contributed by atoms with Crippen molar-refractivity contribution in [2.75, 3.05) is 0 Å². The molecule has 0 aliphatic rings. The zero-order valence-corrected chi connectivity index (χ0v) is 10.7. The minimum absolute atomic E-state index is 0. The first-order valence-electron chi connectivity index (χ1n) is 1.70. The molecule has 0 aromatic carbocycles. The van der Waals surface area contributed by atoms with E-state index in [0.29, 0.717) is 0 Å². The quantitative estimate of drug-likeness (QED) is 0.244. The molecule has 0 aliphatic heterocycles. The van der Waals surface area contributed by atoms with Crippen LogP contribution in [0, 0.1) is 70.7 Å². The third-order valence-corrected chi connectivity index (χ3v) is 0. The molecule has 0 bridgehead atoms. The van der Waals surface area contributed by atoms with Crippen molar-refractivity contribution in [2.24, 2.45) is 0 Å². The Hall–Kier alpha value is -1.26. The molecule has 0 saturated carbocycles. The molecule has 0 aromatic heterocycles. The van der Waals surface area contributed by atoms with E-state index in [0.717, 1.165) is 0 Å². The summed E-state index contributed by atoms with van der Waals surface area (Å²) >= 11 is 0. The summed E-state index contributed by atoms with van der Waals surface area (Å²) in [6, 6.07) is 0. The molecule has 0 saturated heterocycles. The molecule has 0 aromatic rings. The van der Waals surface area contributed by atoms with Crippen LogP contribution in [0.15, 0.2) is 0 Å². The summed E-state index contributed by atoms with van der Waals surface area (Å²) in [6.45, 7) is 0. The average molecular weight is 429 g/mol. The molecule has 0 heterocycles. The van der Waals surface area contributed by atoms with Crippen LogP contribution in [0.3, 0.4) is 0 Å². The Kier molecular flexibility index (Phi) is 220. The van der Waals surface area contributed by atoms with Gasteiger partial charge in [-0.2, -0.15) is 0 Å². The van der Waals surface area contributed by atoms with E-state index in [9.17, 15) is 0 Å². The topological polar surface area (TPSA) is 348 Å². The van der Waals surface area contributed by atoms with E-state index >= 15 is 0 Å². The van der Waals surface area contributed by atoms with Crippen LogP contribution in [0.5, 0.6) is 0 Å². The second kappa shape index (κ2) is 57.1. The van der Waals surface area contributed by atoms with Gasteiger partial charge in [0, 0.05) is 40.4 Å². The minimum Gasteiger partial charge on any atom is -0.412 e. The van der Waals surface area contributed by atoms with E-state index < -0.39 is 15.3 Å². The van der Waals surface area contributed by atoms with Crippen LogP contribution in [-0.2, 0) is 0 Å². The van der Waals surface area contributed by atoms with E-state index in [1.54, 1.807) is 0 Å². The Morgan fingerprint density at radius 2 is 0.556 bits per heavy atom. The first-order valence-corrected chi connectivity index (χ1v) is 1.70. The predicted molar refractivity (Wildman–Crippen MR) is 44.4 cm³/mol. The zero-order valence-electron chi connectivity index (χ0n) is 8.04. The first-order chi connectivity index (χ1) is 5.20. The minimum atomic E-state index is -1.50. The predicted octanol–water partition coefficient (Wildman–Crippen LogP) is -5.17. The van der Waals surface area contributed by atoms with E-state index in [1.807, 2.05) is 0 Å². The molecule has 118 valence electrons. The summed E-state index contributed by atoms with van der Waals surface area (Å²) in [4.78, 5) is 25.1. The van der Waals surface area contributed by atoms with Gasteiger partial charge in [-0.15, -0.1) is 30.3 Å². The molecule has 0 rings (SSSR count). The molecule has 18 heavy (non-hydrogen) atoms. The summed E-state index contributed by atoms with van der Waals surface area (Å²) in [5, 5.41) is 40.9. The van der Waals surface area contributed by atoms with Crippen molar-refractivity contribution in [1.29, 1.82) is 0 Å². The Morgan fingerprint density at radius 1 is 0.556 bits per heavy atom. The normalized spacial score (nSPS) is 4.00. The standard InChI is InChI=1S/3HNO3.5H2O.Sm/c3*2-1(3)4;;;;;;/h3*(H,2,3,4);5*1H2;. The van der Waals surface area contributed by atoms with Gasteiger partial charge in [0.25, 0.3) is 15.3 Å². The molecule has 17 nitrogen and oxygen atoms in total. The Balaban J connectivity index is -0.00000000827. The van der Waals surface area contributed by atoms with Crippen LogP contribution in [0.4, 0.5) is 0 Å². The molecule has 0 amide bonds.